The Bertz CT molecular complexity index is 1100. The molecule has 3 aromatic carbocycles. The Morgan fingerprint density at radius 2 is 1.79 bits per heavy atom. The standard InChI is InChI=1S/C28H32BrN3O/c1-21-8-6-11-26(22(21)2)28(33)32-17-16-31(19-23-9-4-3-5-10-23)15-7-14-30-27-13-12-25(29)18-24(27)20-32/h3-6,8-13,18,30H,7,14-17,19-20H2,1-2H3. The van der Waals surface area contributed by atoms with Gasteiger partial charge in [-0.25, -0.2) is 0 Å². The lowest BCUT2D eigenvalue weighted by atomic mass is 10.0. The van der Waals surface area contributed by atoms with Crippen molar-refractivity contribution in [1.82, 2.24) is 9.80 Å². The van der Waals surface area contributed by atoms with Gasteiger partial charge in [0, 0.05) is 55.0 Å². The number of fused-ring (bicyclic) bond motifs is 1. The molecule has 4 rings (SSSR count). The Morgan fingerprint density at radius 3 is 2.61 bits per heavy atom. The Labute approximate surface area is 205 Å². The van der Waals surface area contributed by atoms with E-state index in [0.29, 0.717) is 13.1 Å². The summed E-state index contributed by atoms with van der Waals surface area (Å²) in [6, 6.07) is 22.9. The first-order valence-corrected chi connectivity index (χ1v) is 12.4. The van der Waals surface area contributed by atoms with Crippen LogP contribution in [0.2, 0.25) is 0 Å². The molecule has 0 fully saturated rings. The summed E-state index contributed by atoms with van der Waals surface area (Å²) in [5.74, 6) is 0.0982. The zero-order valence-corrected chi connectivity index (χ0v) is 21.1. The number of nitrogens with one attached hydrogen (secondary N) is 1. The molecule has 1 aliphatic rings. The molecular weight excluding hydrogens is 474 g/mol. The molecule has 0 saturated carbocycles. The first-order valence-electron chi connectivity index (χ1n) is 11.7. The van der Waals surface area contributed by atoms with Crippen molar-refractivity contribution in [2.45, 2.75) is 33.4 Å². The molecule has 3 aromatic rings. The van der Waals surface area contributed by atoms with Gasteiger partial charge in [0.05, 0.1) is 0 Å². The molecule has 1 N–H and O–H groups in total. The zero-order chi connectivity index (χ0) is 23.2. The van der Waals surface area contributed by atoms with E-state index < -0.39 is 0 Å². The van der Waals surface area contributed by atoms with E-state index >= 15 is 0 Å². The van der Waals surface area contributed by atoms with Crippen LogP contribution in [0.3, 0.4) is 0 Å². The second kappa shape index (κ2) is 11.0. The molecule has 0 aliphatic carbocycles. The maximum Gasteiger partial charge on any atom is 0.254 e. The molecular formula is C28H32BrN3O. The van der Waals surface area contributed by atoms with Gasteiger partial charge in [-0.1, -0.05) is 58.4 Å². The summed E-state index contributed by atoms with van der Waals surface area (Å²) in [6.45, 7) is 9.00. The second-order valence-corrected chi connectivity index (χ2v) is 9.73. The third-order valence-corrected chi connectivity index (χ3v) is 6.95. The number of carbonyl (C=O) groups is 1. The molecule has 33 heavy (non-hydrogen) atoms. The van der Waals surface area contributed by atoms with E-state index in [1.54, 1.807) is 0 Å². The fourth-order valence-electron chi connectivity index (χ4n) is 4.38. The van der Waals surface area contributed by atoms with Crippen molar-refractivity contribution >= 4 is 27.5 Å². The largest absolute Gasteiger partial charge is 0.385 e. The van der Waals surface area contributed by atoms with Gasteiger partial charge in [-0.3, -0.25) is 9.69 Å². The SMILES string of the molecule is Cc1cccc(C(=O)N2CCN(Cc3ccccc3)CCCNc3ccc(Br)cc3C2)c1C. The van der Waals surface area contributed by atoms with E-state index in [9.17, 15) is 4.79 Å². The topological polar surface area (TPSA) is 35.6 Å². The number of hydrogen-bond acceptors (Lipinski definition) is 3. The van der Waals surface area contributed by atoms with Gasteiger partial charge < -0.3 is 10.2 Å². The third-order valence-electron chi connectivity index (χ3n) is 6.45. The van der Waals surface area contributed by atoms with Gasteiger partial charge in [0.15, 0.2) is 0 Å². The van der Waals surface area contributed by atoms with Crippen LogP contribution >= 0.6 is 15.9 Å². The molecule has 172 valence electrons. The van der Waals surface area contributed by atoms with Crippen molar-refractivity contribution in [1.29, 1.82) is 0 Å². The molecule has 5 heteroatoms. The summed E-state index contributed by atoms with van der Waals surface area (Å²) in [7, 11) is 0. The lowest BCUT2D eigenvalue weighted by Crippen LogP contribution is -2.38. The van der Waals surface area contributed by atoms with Gasteiger partial charge in [-0.15, -0.1) is 0 Å². The highest BCUT2D eigenvalue weighted by Gasteiger charge is 2.21. The Morgan fingerprint density at radius 1 is 0.970 bits per heavy atom. The average molecular weight is 506 g/mol. The number of hydrogen-bond donors (Lipinski definition) is 1. The van der Waals surface area contributed by atoms with Crippen LogP contribution in [0.15, 0.2) is 71.2 Å². The minimum atomic E-state index is 0.0982. The van der Waals surface area contributed by atoms with E-state index in [-0.39, 0.29) is 5.91 Å². The van der Waals surface area contributed by atoms with Crippen LogP contribution in [0.5, 0.6) is 0 Å². The molecule has 0 radical (unpaired) electrons. The van der Waals surface area contributed by atoms with Crippen LogP contribution in [-0.4, -0.2) is 41.9 Å². The third kappa shape index (κ3) is 6.04. The van der Waals surface area contributed by atoms with Crippen molar-refractivity contribution < 1.29 is 4.79 Å². The lowest BCUT2D eigenvalue weighted by molar-refractivity contribution is 0.0719. The van der Waals surface area contributed by atoms with E-state index in [1.807, 2.05) is 24.0 Å². The number of carbonyl (C=O) groups excluding carboxylic acids is 1. The van der Waals surface area contributed by atoms with Gasteiger partial charge in [0.2, 0.25) is 0 Å². The van der Waals surface area contributed by atoms with Crippen molar-refractivity contribution in [2.75, 3.05) is 31.5 Å². The van der Waals surface area contributed by atoms with E-state index in [0.717, 1.165) is 65.0 Å². The zero-order valence-electron chi connectivity index (χ0n) is 19.5. The Balaban J connectivity index is 1.63. The summed E-state index contributed by atoms with van der Waals surface area (Å²) < 4.78 is 1.03. The van der Waals surface area contributed by atoms with Crippen molar-refractivity contribution in [3.63, 3.8) is 0 Å². The second-order valence-electron chi connectivity index (χ2n) is 8.82. The van der Waals surface area contributed by atoms with Crippen LogP contribution in [0.25, 0.3) is 0 Å². The van der Waals surface area contributed by atoms with Crippen molar-refractivity contribution in [3.8, 4) is 0 Å². The van der Waals surface area contributed by atoms with Gasteiger partial charge >= 0.3 is 0 Å². The number of anilines is 1. The Hall–Kier alpha value is -2.63. The van der Waals surface area contributed by atoms with Crippen LogP contribution < -0.4 is 5.32 Å². The highest BCUT2D eigenvalue weighted by Crippen LogP contribution is 2.25. The van der Waals surface area contributed by atoms with Crippen molar-refractivity contribution in [3.05, 3.63) is 99.0 Å². The smallest absolute Gasteiger partial charge is 0.254 e. The summed E-state index contributed by atoms with van der Waals surface area (Å²) in [4.78, 5) is 18.2. The summed E-state index contributed by atoms with van der Waals surface area (Å²) in [5, 5.41) is 3.61. The molecule has 0 spiro atoms. The van der Waals surface area contributed by atoms with Crippen molar-refractivity contribution in [2.24, 2.45) is 0 Å². The predicted octanol–water partition coefficient (Wildman–Crippen LogP) is 6.03. The van der Waals surface area contributed by atoms with Crippen LogP contribution in [0, 0.1) is 13.8 Å². The average Bonchev–Trinajstić information content (AvgIpc) is 2.85. The van der Waals surface area contributed by atoms with Crippen LogP contribution in [0.4, 0.5) is 5.69 Å². The number of halogens is 1. The lowest BCUT2D eigenvalue weighted by Gasteiger charge is -2.28. The maximum absolute atomic E-state index is 13.8. The van der Waals surface area contributed by atoms with Gasteiger partial charge in [0.25, 0.3) is 5.91 Å². The highest BCUT2D eigenvalue weighted by atomic mass is 79.9. The van der Waals surface area contributed by atoms with E-state index in [4.69, 9.17) is 0 Å². The first-order chi connectivity index (χ1) is 16.0. The minimum Gasteiger partial charge on any atom is -0.385 e. The van der Waals surface area contributed by atoms with Gasteiger partial charge in [0.1, 0.15) is 0 Å². The number of nitrogens with zero attached hydrogens (tertiary/aromatic N) is 2. The quantitative estimate of drug-likeness (QED) is 0.472. The van der Waals surface area contributed by atoms with Crippen LogP contribution in [-0.2, 0) is 13.1 Å². The normalized spacial score (nSPS) is 15.3. The highest BCUT2D eigenvalue weighted by molar-refractivity contribution is 9.10. The number of rotatable bonds is 3. The first kappa shape index (κ1) is 23.5. The summed E-state index contributed by atoms with van der Waals surface area (Å²) in [5.41, 5.74) is 6.55. The molecule has 0 saturated heterocycles. The molecule has 4 nitrogen and oxygen atoms in total. The summed E-state index contributed by atoms with van der Waals surface area (Å²) >= 11 is 3.62. The minimum absolute atomic E-state index is 0.0982. The van der Waals surface area contributed by atoms with Gasteiger partial charge in [-0.05, 0) is 66.8 Å². The maximum atomic E-state index is 13.8. The molecule has 0 aromatic heterocycles. The van der Waals surface area contributed by atoms with Crippen LogP contribution in [0.1, 0.15) is 39.0 Å². The molecule has 0 unspecified atom stereocenters. The monoisotopic (exact) mass is 505 g/mol. The summed E-state index contributed by atoms with van der Waals surface area (Å²) in [6.07, 6.45) is 1.05. The molecule has 1 heterocycles. The molecule has 1 amide bonds. The fraction of sp³-hybridized carbons (Fsp3) is 0.321. The Kier molecular flexibility index (Phi) is 7.84. The molecule has 0 atom stereocenters. The van der Waals surface area contributed by atoms with E-state index in [2.05, 4.69) is 87.7 Å². The molecule has 0 bridgehead atoms. The fourth-order valence-corrected chi connectivity index (χ4v) is 4.78. The van der Waals surface area contributed by atoms with Gasteiger partial charge in [-0.2, -0.15) is 0 Å². The van der Waals surface area contributed by atoms with E-state index in [1.165, 1.54) is 5.56 Å². The predicted molar refractivity (Wildman–Crippen MR) is 140 cm³/mol. The molecule has 1 aliphatic heterocycles. The number of benzene rings is 3. The number of amides is 1. The number of aryl methyl sites for hydroxylation is 1.